The minimum absolute atomic E-state index is 0.114. The fourth-order valence-corrected chi connectivity index (χ4v) is 3.79. The lowest BCUT2D eigenvalue weighted by Gasteiger charge is -2.22. The van der Waals surface area contributed by atoms with Crippen molar-refractivity contribution in [2.75, 3.05) is 0 Å². The Hall–Kier alpha value is -1.84. The highest BCUT2D eigenvalue weighted by molar-refractivity contribution is 5.77. The molecule has 1 aromatic heterocycles. The van der Waals surface area contributed by atoms with Gasteiger partial charge >= 0.3 is 0 Å². The fourth-order valence-electron chi connectivity index (χ4n) is 3.79. The van der Waals surface area contributed by atoms with Gasteiger partial charge in [-0.25, -0.2) is 4.98 Å². The lowest BCUT2D eigenvalue weighted by molar-refractivity contribution is -0.121. The molecule has 3 rings (SSSR count). The lowest BCUT2D eigenvalue weighted by Crippen LogP contribution is -2.24. The van der Waals surface area contributed by atoms with Gasteiger partial charge in [-0.1, -0.05) is 51.2 Å². The maximum absolute atomic E-state index is 11.8. The second-order valence-corrected chi connectivity index (χ2v) is 6.99. The van der Waals surface area contributed by atoms with E-state index in [9.17, 15) is 4.79 Å². The van der Waals surface area contributed by atoms with Crippen LogP contribution in [0.1, 0.15) is 64.1 Å². The minimum Gasteiger partial charge on any atom is -0.349 e. The summed E-state index contributed by atoms with van der Waals surface area (Å²) in [7, 11) is 0. The number of hydrogen-bond acceptors (Lipinski definition) is 2. The summed E-state index contributed by atoms with van der Waals surface area (Å²) in [5, 5.41) is 3.02. The number of fused-ring (bicyclic) bond motifs is 1. The number of carbonyl (C=O) groups excluding carboxylic acids is 1. The number of imidazole rings is 1. The van der Waals surface area contributed by atoms with Gasteiger partial charge in [-0.15, -0.1) is 0 Å². The van der Waals surface area contributed by atoms with Crippen molar-refractivity contribution in [3.63, 3.8) is 0 Å². The van der Waals surface area contributed by atoms with E-state index < -0.39 is 0 Å². The van der Waals surface area contributed by atoms with E-state index in [1.54, 1.807) is 0 Å². The Morgan fingerprint density at radius 2 is 2.04 bits per heavy atom. The van der Waals surface area contributed by atoms with Gasteiger partial charge in [-0.2, -0.15) is 0 Å². The van der Waals surface area contributed by atoms with E-state index in [0.29, 0.717) is 13.0 Å². The zero-order chi connectivity index (χ0) is 16.8. The van der Waals surface area contributed by atoms with E-state index in [0.717, 1.165) is 30.2 Å². The van der Waals surface area contributed by atoms with Crippen molar-refractivity contribution >= 4 is 16.9 Å². The molecule has 0 unspecified atom stereocenters. The number of amides is 1. The van der Waals surface area contributed by atoms with E-state index in [2.05, 4.69) is 28.1 Å². The van der Waals surface area contributed by atoms with Crippen molar-refractivity contribution in [3.8, 4) is 0 Å². The SMILES string of the molecule is CCCC(=O)NCc1nc2ccccc2n1CCC1CCCCC1. The Bertz CT molecular complexity index is 671. The molecule has 0 radical (unpaired) electrons. The van der Waals surface area contributed by atoms with Gasteiger partial charge in [-0.3, -0.25) is 4.79 Å². The van der Waals surface area contributed by atoms with Crippen LogP contribution in [0.15, 0.2) is 24.3 Å². The van der Waals surface area contributed by atoms with Gasteiger partial charge in [0.25, 0.3) is 0 Å². The van der Waals surface area contributed by atoms with Crippen LogP contribution in [0.2, 0.25) is 0 Å². The van der Waals surface area contributed by atoms with Crippen LogP contribution in [0, 0.1) is 5.92 Å². The van der Waals surface area contributed by atoms with Crippen LogP contribution in [0.4, 0.5) is 0 Å². The van der Waals surface area contributed by atoms with Crippen LogP contribution in [0.3, 0.4) is 0 Å². The highest BCUT2D eigenvalue weighted by Crippen LogP contribution is 2.27. The quantitative estimate of drug-likeness (QED) is 0.818. The van der Waals surface area contributed by atoms with Crippen LogP contribution in [0.5, 0.6) is 0 Å². The van der Waals surface area contributed by atoms with E-state index in [1.807, 2.05) is 13.0 Å². The van der Waals surface area contributed by atoms with E-state index in [1.165, 1.54) is 44.0 Å². The molecule has 1 aromatic carbocycles. The van der Waals surface area contributed by atoms with Crippen molar-refractivity contribution < 1.29 is 4.79 Å². The molecule has 1 amide bonds. The highest BCUT2D eigenvalue weighted by Gasteiger charge is 2.16. The maximum Gasteiger partial charge on any atom is 0.220 e. The van der Waals surface area contributed by atoms with Crippen molar-refractivity contribution in [3.05, 3.63) is 30.1 Å². The molecule has 2 aromatic rings. The van der Waals surface area contributed by atoms with Crippen molar-refractivity contribution in [1.82, 2.24) is 14.9 Å². The summed E-state index contributed by atoms with van der Waals surface area (Å²) in [5.41, 5.74) is 2.22. The van der Waals surface area contributed by atoms with Gasteiger partial charge in [0.05, 0.1) is 17.6 Å². The molecule has 1 N–H and O–H groups in total. The third-order valence-electron chi connectivity index (χ3n) is 5.14. The standard InChI is InChI=1S/C20H29N3O/c1-2-8-20(24)21-15-19-22-17-11-6-7-12-18(17)23(19)14-13-16-9-4-3-5-10-16/h6-7,11-12,16H,2-5,8-10,13-15H2,1H3,(H,21,24). The van der Waals surface area contributed by atoms with E-state index in [-0.39, 0.29) is 5.91 Å². The van der Waals surface area contributed by atoms with Gasteiger partial charge in [0.2, 0.25) is 5.91 Å². The van der Waals surface area contributed by atoms with E-state index in [4.69, 9.17) is 4.98 Å². The fraction of sp³-hybridized carbons (Fsp3) is 0.600. The summed E-state index contributed by atoms with van der Waals surface area (Å²) >= 11 is 0. The van der Waals surface area contributed by atoms with Crippen molar-refractivity contribution in [1.29, 1.82) is 0 Å². The molecule has 0 atom stereocenters. The number of carbonyl (C=O) groups is 1. The van der Waals surface area contributed by atoms with Crippen LogP contribution < -0.4 is 5.32 Å². The Balaban J connectivity index is 1.72. The van der Waals surface area contributed by atoms with Gasteiger partial charge in [0.1, 0.15) is 5.82 Å². The van der Waals surface area contributed by atoms with Crippen LogP contribution in [-0.4, -0.2) is 15.5 Å². The zero-order valence-electron chi connectivity index (χ0n) is 14.8. The topological polar surface area (TPSA) is 46.9 Å². The lowest BCUT2D eigenvalue weighted by atomic mass is 9.87. The molecule has 1 heterocycles. The first-order valence-electron chi connectivity index (χ1n) is 9.48. The Labute approximate surface area is 144 Å². The largest absolute Gasteiger partial charge is 0.349 e. The van der Waals surface area contributed by atoms with Crippen molar-refractivity contribution in [2.24, 2.45) is 5.92 Å². The van der Waals surface area contributed by atoms with Gasteiger partial charge < -0.3 is 9.88 Å². The smallest absolute Gasteiger partial charge is 0.220 e. The molecule has 4 heteroatoms. The number of para-hydroxylation sites is 2. The molecule has 24 heavy (non-hydrogen) atoms. The predicted molar refractivity (Wildman–Crippen MR) is 97.7 cm³/mol. The molecule has 0 spiro atoms. The summed E-state index contributed by atoms with van der Waals surface area (Å²) in [4.78, 5) is 16.6. The van der Waals surface area contributed by atoms with Crippen LogP contribution in [-0.2, 0) is 17.9 Å². The molecule has 0 aliphatic heterocycles. The Morgan fingerprint density at radius 1 is 1.25 bits per heavy atom. The summed E-state index contributed by atoms with van der Waals surface area (Å²) in [6, 6.07) is 8.30. The highest BCUT2D eigenvalue weighted by atomic mass is 16.1. The molecule has 1 aliphatic rings. The van der Waals surface area contributed by atoms with Gasteiger partial charge in [0, 0.05) is 13.0 Å². The van der Waals surface area contributed by atoms with E-state index >= 15 is 0 Å². The first-order valence-corrected chi connectivity index (χ1v) is 9.48. The molecule has 4 nitrogen and oxygen atoms in total. The second-order valence-electron chi connectivity index (χ2n) is 6.99. The molecular weight excluding hydrogens is 298 g/mol. The third-order valence-corrected chi connectivity index (χ3v) is 5.14. The van der Waals surface area contributed by atoms with Crippen LogP contribution in [0.25, 0.3) is 11.0 Å². The monoisotopic (exact) mass is 327 g/mol. The first kappa shape index (κ1) is 17.0. The number of nitrogens with zero attached hydrogens (tertiary/aromatic N) is 2. The average Bonchev–Trinajstić information content (AvgIpc) is 2.97. The average molecular weight is 327 g/mol. The Morgan fingerprint density at radius 3 is 2.83 bits per heavy atom. The summed E-state index contributed by atoms with van der Waals surface area (Å²) in [6.45, 7) is 3.56. The molecule has 1 fully saturated rings. The van der Waals surface area contributed by atoms with Crippen LogP contribution >= 0.6 is 0 Å². The third kappa shape index (κ3) is 4.16. The Kier molecular flexibility index (Phi) is 5.89. The van der Waals surface area contributed by atoms with Gasteiger partial charge in [-0.05, 0) is 30.9 Å². The number of aromatic nitrogens is 2. The summed E-state index contributed by atoms with van der Waals surface area (Å²) < 4.78 is 2.32. The molecule has 1 aliphatic carbocycles. The number of hydrogen-bond donors (Lipinski definition) is 1. The second kappa shape index (κ2) is 8.32. The molecule has 1 saturated carbocycles. The number of nitrogens with one attached hydrogen (secondary N) is 1. The summed E-state index contributed by atoms with van der Waals surface area (Å²) in [6.07, 6.45) is 9.59. The number of benzene rings is 1. The predicted octanol–water partition coefficient (Wildman–Crippen LogP) is 4.42. The molecule has 0 saturated heterocycles. The molecule has 130 valence electrons. The molecular formula is C20H29N3O. The maximum atomic E-state index is 11.8. The van der Waals surface area contributed by atoms with Crippen molar-refractivity contribution in [2.45, 2.75) is 71.4 Å². The van der Waals surface area contributed by atoms with Gasteiger partial charge in [0.15, 0.2) is 0 Å². The molecule has 0 bridgehead atoms. The number of aryl methyl sites for hydroxylation is 1. The number of rotatable bonds is 7. The minimum atomic E-state index is 0.114. The first-order chi connectivity index (χ1) is 11.8. The zero-order valence-corrected chi connectivity index (χ0v) is 14.8. The normalized spacial score (nSPS) is 15.7. The summed E-state index contributed by atoms with van der Waals surface area (Å²) in [5.74, 6) is 1.95.